The number of carbonyl (C=O) groups excluding carboxylic acids is 4. The van der Waals surface area contributed by atoms with Crippen molar-refractivity contribution in [1.29, 1.82) is 0 Å². The molecule has 13 heteroatoms. The Morgan fingerprint density at radius 3 is 2.15 bits per heavy atom. The van der Waals surface area contributed by atoms with Crippen molar-refractivity contribution in [2.75, 3.05) is 26.2 Å². The Labute approximate surface area is 304 Å². The molecule has 1 unspecified atom stereocenters. The summed E-state index contributed by atoms with van der Waals surface area (Å²) in [6.07, 6.45) is 1.64. The summed E-state index contributed by atoms with van der Waals surface area (Å²) in [5.41, 5.74) is 3.15. The standard InChI is InChI=1S/C39H51F2N7O4/c1-4-34(49)44-32(38(52)47-22-20-46(21-23-47)26-30-8-6-5-7-9-30)24-28-10-12-29(13-11-28)25-42-37(51)35(31-14-17-39(40,41)18-15-31)45-36(50)33-16-19-43-48(33)27(2)3/h5-13,16,19,27,31-32,35H,4,14-15,17-18,20-26H2,1-3H3,(H,42,51)(H,44,49)(H,45,50)/t32?,35-/m0/s1. The van der Waals surface area contributed by atoms with Crippen molar-refractivity contribution >= 4 is 23.6 Å². The highest BCUT2D eigenvalue weighted by atomic mass is 19.3. The summed E-state index contributed by atoms with van der Waals surface area (Å²) in [6.45, 7) is 9.15. The van der Waals surface area contributed by atoms with Crippen LogP contribution in [0.3, 0.4) is 0 Å². The fraction of sp³-hybridized carbons (Fsp3) is 0.513. The molecule has 280 valence electrons. The highest BCUT2D eigenvalue weighted by Gasteiger charge is 2.40. The topological polar surface area (TPSA) is 129 Å². The highest BCUT2D eigenvalue weighted by molar-refractivity contribution is 5.96. The van der Waals surface area contributed by atoms with Crippen molar-refractivity contribution < 1.29 is 28.0 Å². The third kappa shape index (κ3) is 10.5. The van der Waals surface area contributed by atoms with Crippen LogP contribution in [-0.2, 0) is 33.9 Å². The van der Waals surface area contributed by atoms with Crippen LogP contribution in [0.5, 0.6) is 0 Å². The third-order valence-electron chi connectivity index (χ3n) is 10.0. The molecule has 0 spiro atoms. The van der Waals surface area contributed by atoms with Gasteiger partial charge in [0, 0.05) is 77.2 Å². The molecule has 1 aliphatic heterocycles. The Morgan fingerprint density at radius 1 is 0.865 bits per heavy atom. The van der Waals surface area contributed by atoms with Gasteiger partial charge in [0.25, 0.3) is 5.91 Å². The molecular weight excluding hydrogens is 668 g/mol. The normalized spacial score (nSPS) is 17.7. The number of hydrogen-bond donors (Lipinski definition) is 3. The zero-order valence-corrected chi connectivity index (χ0v) is 30.3. The summed E-state index contributed by atoms with van der Waals surface area (Å²) in [6, 6.07) is 17.4. The van der Waals surface area contributed by atoms with Gasteiger partial charge >= 0.3 is 0 Å². The van der Waals surface area contributed by atoms with Crippen molar-refractivity contribution in [3.63, 3.8) is 0 Å². The van der Waals surface area contributed by atoms with Gasteiger partial charge in [-0.25, -0.2) is 8.78 Å². The second-order valence-corrected chi connectivity index (χ2v) is 14.2. The lowest BCUT2D eigenvalue weighted by atomic mass is 9.81. The van der Waals surface area contributed by atoms with Crippen molar-refractivity contribution in [1.82, 2.24) is 35.5 Å². The maximum Gasteiger partial charge on any atom is 0.270 e. The van der Waals surface area contributed by atoms with Gasteiger partial charge in [0.1, 0.15) is 17.8 Å². The van der Waals surface area contributed by atoms with Crippen molar-refractivity contribution in [3.8, 4) is 0 Å². The van der Waals surface area contributed by atoms with Gasteiger partial charge in [-0.3, -0.25) is 28.8 Å². The lowest BCUT2D eigenvalue weighted by Crippen LogP contribution is -2.55. The number of alkyl halides is 2. The molecule has 0 bridgehead atoms. The number of rotatable bonds is 14. The monoisotopic (exact) mass is 719 g/mol. The van der Waals surface area contributed by atoms with E-state index in [1.807, 2.05) is 61.2 Å². The van der Waals surface area contributed by atoms with Crippen LogP contribution in [0.15, 0.2) is 66.9 Å². The van der Waals surface area contributed by atoms with Gasteiger partial charge in [0.05, 0.1) is 0 Å². The molecule has 3 N–H and O–H groups in total. The number of nitrogens with one attached hydrogen (secondary N) is 3. The SMILES string of the molecule is CCC(=O)NC(Cc1ccc(CNC(=O)[C@@H](NC(=O)c2ccnn2C(C)C)C2CCC(F)(F)CC2)cc1)C(=O)N1CCN(Cc2ccccc2)CC1. The van der Waals surface area contributed by atoms with E-state index in [2.05, 4.69) is 38.1 Å². The number of piperazine rings is 1. The molecule has 11 nitrogen and oxygen atoms in total. The maximum absolute atomic E-state index is 14.0. The third-order valence-corrected chi connectivity index (χ3v) is 10.0. The van der Waals surface area contributed by atoms with E-state index in [9.17, 15) is 28.0 Å². The molecule has 1 saturated carbocycles. The summed E-state index contributed by atoms with van der Waals surface area (Å²) < 4.78 is 29.6. The first-order valence-corrected chi connectivity index (χ1v) is 18.3. The van der Waals surface area contributed by atoms with E-state index < -0.39 is 35.7 Å². The molecule has 2 heterocycles. The second-order valence-electron chi connectivity index (χ2n) is 14.2. The molecule has 5 rings (SSSR count). The van der Waals surface area contributed by atoms with Crippen molar-refractivity contribution in [2.45, 2.75) is 96.4 Å². The van der Waals surface area contributed by atoms with E-state index in [0.29, 0.717) is 25.2 Å². The van der Waals surface area contributed by atoms with E-state index in [1.165, 1.54) is 11.8 Å². The Kier molecular flexibility index (Phi) is 13.1. The lowest BCUT2D eigenvalue weighted by molar-refractivity contribution is -0.138. The fourth-order valence-corrected chi connectivity index (χ4v) is 6.93. The van der Waals surface area contributed by atoms with Gasteiger partial charge in [0.2, 0.25) is 23.6 Å². The fourth-order valence-electron chi connectivity index (χ4n) is 6.93. The number of aromatic nitrogens is 2. The highest BCUT2D eigenvalue weighted by Crippen LogP contribution is 2.37. The Balaban J connectivity index is 1.19. The Hall–Kier alpha value is -4.65. The summed E-state index contributed by atoms with van der Waals surface area (Å²) >= 11 is 0. The lowest BCUT2D eigenvalue weighted by Gasteiger charge is -2.36. The van der Waals surface area contributed by atoms with E-state index >= 15 is 0 Å². The molecule has 2 aromatic carbocycles. The minimum absolute atomic E-state index is 0.0865. The van der Waals surface area contributed by atoms with E-state index in [0.717, 1.165) is 30.8 Å². The molecule has 2 aliphatic rings. The number of nitrogens with zero attached hydrogens (tertiary/aromatic N) is 4. The minimum Gasteiger partial charge on any atom is -0.350 e. The second kappa shape index (κ2) is 17.7. The van der Waals surface area contributed by atoms with Crippen LogP contribution in [0, 0.1) is 5.92 Å². The minimum atomic E-state index is -2.78. The Morgan fingerprint density at radius 2 is 1.52 bits per heavy atom. The molecule has 52 heavy (non-hydrogen) atoms. The molecule has 4 amide bonds. The number of amides is 4. The first-order valence-electron chi connectivity index (χ1n) is 18.3. The first-order chi connectivity index (χ1) is 24.9. The number of halogens is 2. The number of hydrogen-bond acceptors (Lipinski definition) is 6. The van der Waals surface area contributed by atoms with Gasteiger partial charge in [0.15, 0.2) is 0 Å². The zero-order chi connectivity index (χ0) is 37.3. The molecule has 2 atom stereocenters. The smallest absolute Gasteiger partial charge is 0.270 e. The van der Waals surface area contributed by atoms with Gasteiger partial charge in [-0.05, 0) is 55.4 Å². The maximum atomic E-state index is 14.0. The predicted molar refractivity (Wildman–Crippen MR) is 193 cm³/mol. The van der Waals surface area contributed by atoms with Gasteiger partial charge in [-0.15, -0.1) is 0 Å². The summed E-state index contributed by atoms with van der Waals surface area (Å²) in [7, 11) is 0. The summed E-state index contributed by atoms with van der Waals surface area (Å²) in [5.74, 6) is -4.46. The van der Waals surface area contributed by atoms with Crippen LogP contribution in [-0.4, -0.2) is 87.4 Å². The molecule has 2 fully saturated rings. The average Bonchev–Trinajstić information content (AvgIpc) is 3.65. The average molecular weight is 720 g/mol. The van der Waals surface area contributed by atoms with Gasteiger partial charge < -0.3 is 20.9 Å². The number of benzene rings is 2. The van der Waals surface area contributed by atoms with Crippen LogP contribution in [0.25, 0.3) is 0 Å². The summed E-state index contributed by atoms with van der Waals surface area (Å²) in [5, 5.41) is 12.8. The van der Waals surface area contributed by atoms with E-state index in [-0.39, 0.29) is 56.5 Å². The van der Waals surface area contributed by atoms with Crippen LogP contribution in [0.2, 0.25) is 0 Å². The Bertz CT molecular complexity index is 1650. The first kappa shape index (κ1) is 38.6. The van der Waals surface area contributed by atoms with Gasteiger partial charge in [-0.2, -0.15) is 5.10 Å². The molecule has 1 saturated heterocycles. The molecule has 1 aromatic heterocycles. The largest absolute Gasteiger partial charge is 0.350 e. The van der Waals surface area contributed by atoms with E-state index in [4.69, 9.17) is 0 Å². The van der Waals surface area contributed by atoms with E-state index in [1.54, 1.807) is 17.7 Å². The van der Waals surface area contributed by atoms with Crippen LogP contribution in [0.4, 0.5) is 8.78 Å². The summed E-state index contributed by atoms with van der Waals surface area (Å²) in [4.78, 5) is 57.1. The van der Waals surface area contributed by atoms with Crippen molar-refractivity contribution in [2.24, 2.45) is 5.92 Å². The molecular formula is C39H51F2N7O4. The van der Waals surface area contributed by atoms with Crippen LogP contribution < -0.4 is 16.0 Å². The zero-order valence-electron chi connectivity index (χ0n) is 30.3. The molecule has 3 aromatic rings. The number of carbonyl (C=O) groups is 4. The molecule has 0 radical (unpaired) electrons. The quantitative estimate of drug-likeness (QED) is 0.226. The van der Waals surface area contributed by atoms with Crippen LogP contribution >= 0.6 is 0 Å². The van der Waals surface area contributed by atoms with Crippen molar-refractivity contribution in [3.05, 3.63) is 89.2 Å². The van der Waals surface area contributed by atoms with Gasteiger partial charge in [-0.1, -0.05) is 61.5 Å². The molecule has 1 aliphatic carbocycles. The predicted octanol–water partition coefficient (Wildman–Crippen LogP) is 4.49. The van der Waals surface area contributed by atoms with Crippen LogP contribution in [0.1, 0.15) is 86.1 Å².